The molecule has 3 rings (SSSR count). The van der Waals surface area contributed by atoms with Crippen molar-refractivity contribution in [2.45, 2.75) is 0 Å². The summed E-state index contributed by atoms with van der Waals surface area (Å²) in [5.74, 6) is -0.374. The summed E-state index contributed by atoms with van der Waals surface area (Å²) in [6.07, 6.45) is 1.71. The molecule has 4 nitrogen and oxygen atoms in total. The molecular weight excluding hydrogens is 252 g/mol. The van der Waals surface area contributed by atoms with Crippen molar-refractivity contribution in [3.63, 3.8) is 0 Å². The van der Waals surface area contributed by atoms with Crippen molar-refractivity contribution in [1.29, 1.82) is 0 Å². The molecule has 0 aliphatic rings. The van der Waals surface area contributed by atoms with Crippen LogP contribution < -0.4 is 0 Å². The van der Waals surface area contributed by atoms with Gasteiger partial charge in [0.15, 0.2) is 0 Å². The van der Waals surface area contributed by atoms with Gasteiger partial charge in [-0.25, -0.2) is 9.78 Å². The van der Waals surface area contributed by atoms with Crippen LogP contribution in [0.4, 0.5) is 0 Å². The van der Waals surface area contributed by atoms with Crippen molar-refractivity contribution in [1.82, 2.24) is 9.97 Å². The van der Waals surface area contributed by atoms with Gasteiger partial charge in [0.05, 0.1) is 35.6 Å². The molecule has 0 amide bonds. The Hall–Kier alpha value is -2.75. The van der Waals surface area contributed by atoms with Gasteiger partial charge in [-0.1, -0.05) is 30.3 Å². The Kier molecular flexibility index (Phi) is 3.13. The first kappa shape index (κ1) is 12.3. The number of hydrogen-bond acceptors (Lipinski definition) is 4. The molecule has 98 valence electrons. The Morgan fingerprint density at radius 2 is 1.85 bits per heavy atom. The zero-order valence-corrected chi connectivity index (χ0v) is 10.9. The topological polar surface area (TPSA) is 52.1 Å². The first-order chi connectivity index (χ1) is 9.78. The molecular formula is C16H12N2O2. The molecule has 0 fully saturated rings. The molecule has 20 heavy (non-hydrogen) atoms. The Bertz CT molecular complexity index is 770. The van der Waals surface area contributed by atoms with Gasteiger partial charge in [0.1, 0.15) is 0 Å². The van der Waals surface area contributed by atoms with Crippen molar-refractivity contribution >= 4 is 17.0 Å². The maximum atomic E-state index is 11.5. The lowest BCUT2D eigenvalue weighted by atomic mass is 10.1. The van der Waals surface area contributed by atoms with Gasteiger partial charge in [-0.3, -0.25) is 4.98 Å². The highest BCUT2D eigenvalue weighted by molar-refractivity contribution is 5.93. The zero-order valence-electron chi connectivity index (χ0n) is 10.9. The van der Waals surface area contributed by atoms with Crippen LogP contribution in [0.1, 0.15) is 10.4 Å². The zero-order chi connectivity index (χ0) is 13.9. The summed E-state index contributed by atoms with van der Waals surface area (Å²) in [7, 11) is 1.36. The van der Waals surface area contributed by atoms with E-state index in [2.05, 4.69) is 9.97 Å². The Morgan fingerprint density at radius 3 is 2.60 bits per heavy atom. The molecule has 4 heteroatoms. The smallest absolute Gasteiger partial charge is 0.337 e. The summed E-state index contributed by atoms with van der Waals surface area (Å²) >= 11 is 0. The predicted octanol–water partition coefficient (Wildman–Crippen LogP) is 3.08. The van der Waals surface area contributed by atoms with Crippen LogP contribution >= 0.6 is 0 Å². The van der Waals surface area contributed by atoms with Crippen LogP contribution in [-0.4, -0.2) is 23.0 Å². The van der Waals surface area contributed by atoms with Gasteiger partial charge in [-0.05, 0) is 18.2 Å². The summed E-state index contributed by atoms with van der Waals surface area (Å²) in [6.45, 7) is 0. The first-order valence-electron chi connectivity index (χ1n) is 6.18. The third-order valence-corrected chi connectivity index (χ3v) is 3.03. The van der Waals surface area contributed by atoms with Gasteiger partial charge < -0.3 is 4.74 Å². The van der Waals surface area contributed by atoms with Crippen molar-refractivity contribution in [3.05, 3.63) is 60.3 Å². The number of nitrogens with zero attached hydrogens (tertiary/aromatic N) is 2. The maximum Gasteiger partial charge on any atom is 0.337 e. The molecule has 0 saturated heterocycles. The molecule has 0 aliphatic heterocycles. The number of ether oxygens (including phenoxy) is 1. The fourth-order valence-corrected chi connectivity index (χ4v) is 2.00. The summed E-state index contributed by atoms with van der Waals surface area (Å²) in [5.41, 5.74) is 3.72. The quantitative estimate of drug-likeness (QED) is 0.667. The minimum absolute atomic E-state index is 0.374. The molecule has 0 saturated carbocycles. The highest BCUT2D eigenvalue weighted by Crippen LogP contribution is 2.19. The van der Waals surface area contributed by atoms with Gasteiger partial charge in [-0.15, -0.1) is 0 Å². The fraction of sp³-hybridized carbons (Fsp3) is 0.0625. The normalized spacial score (nSPS) is 10.4. The number of esters is 1. The highest BCUT2D eigenvalue weighted by atomic mass is 16.5. The number of carbonyl (C=O) groups is 1. The molecule has 0 radical (unpaired) electrons. The van der Waals surface area contributed by atoms with Gasteiger partial charge in [-0.2, -0.15) is 0 Å². The third kappa shape index (κ3) is 2.23. The lowest BCUT2D eigenvalue weighted by Crippen LogP contribution is -2.01. The van der Waals surface area contributed by atoms with Crippen LogP contribution in [-0.2, 0) is 4.74 Å². The van der Waals surface area contributed by atoms with E-state index in [0.29, 0.717) is 11.1 Å². The Morgan fingerprint density at radius 1 is 1.05 bits per heavy atom. The predicted molar refractivity (Wildman–Crippen MR) is 76.3 cm³/mol. The monoisotopic (exact) mass is 264 g/mol. The Balaban J connectivity index is 2.07. The summed E-state index contributed by atoms with van der Waals surface area (Å²) < 4.78 is 4.69. The average molecular weight is 264 g/mol. The minimum Gasteiger partial charge on any atom is -0.465 e. The number of hydrogen-bond donors (Lipinski definition) is 0. The maximum absolute atomic E-state index is 11.5. The molecule has 1 heterocycles. The van der Waals surface area contributed by atoms with E-state index in [1.165, 1.54) is 7.11 Å². The summed E-state index contributed by atoms with van der Waals surface area (Å²) in [6, 6.07) is 15.0. The standard InChI is InChI=1S/C16H12N2O2/c1-20-16(19)12-7-8-13-14(9-12)17-10-15(18-13)11-5-3-2-4-6-11/h2-10H,1H3. The first-order valence-corrected chi connectivity index (χ1v) is 6.18. The van der Waals surface area contributed by atoms with E-state index in [4.69, 9.17) is 4.74 Å². The van der Waals surface area contributed by atoms with Crippen molar-refractivity contribution in [2.75, 3.05) is 7.11 Å². The Labute approximate surface area is 116 Å². The molecule has 0 bridgehead atoms. The number of carbonyl (C=O) groups excluding carboxylic acids is 1. The SMILES string of the molecule is COC(=O)c1ccc2nc(-c3ccccc3)cnc2c1. The number of benzene rings is 2. The van der Waals surface area contributed by atoms with Gasteiger partial charge >= 0.3 is 5.97 Å². The van der Waals surface area contributed by atoms with Crippen LogP contribution in [0, 0.1) is 0 Å². The van der Waals surface area contributed by atoms with Gasteiger partial charge in [0.2, 0.25) is 0 Å². The molecule has 0 spiro atoms. The van der Waals surface area contributed by atoms with E-state index in [1.54, 1.807) is 24.4 Å². The van der Waals surface area contributed by atoms with Gasteiger partial charge in [0.25, 0.3) is 0 Å². The van der Waals surface area contributed by atoms with E-state index >= 15 is 0 Å². The molecule has 3 aromatic rings. The minimum atomic E-state index is -0.374. The molecule has 1 aromatic heterocycles. The lowest BCUT2D eigenvalue weighted by molar-refractivity contribution is 0.0601. The number of fused-ring (bicyclic) bond motifs is 1. The number of aromatic nitrogens is 2. The van der Waals surface area contributed by atoms with Crippen LogP contribution in [0.3, 0.4) is 0 Å². The second kappa shape index (κ2) is 5.09. The second-order valence-electron chi connectivity index (χ2n) is 4.32. The second-order valence-corrected chi connectivity index (χ2v) is 4.32. The van der Waals surface area contributed by atoms with E-state index in [9.17, 15) is 4.79 Å². The summed E-state index contributed by atoms with van der Waals surface area (Å²) in [4.78, 5) is 20.4. The van der Waals surface area contributed by atoms with E-state index in [0.717, 1.165) is 16.8 Å². The lowest BCUT2D eigenvalue weighted by Gasteiger charge is -2.04. The molecule has 0 unspecified atom stereocenters. The number of methoxy groups -OCH3 is 1. The van der Waals surface area contributed by atoms with E-state index < -0.39 is 0 Å². The average Bonchev–Trinajstić information content (AvgIpc) is 2.54. The van der Waals surface area contributed by atoms with Crippen molar-refractivity contribution in [3.8, 4) is 11.3 Å². The molecule has 0 atom stereocenters. The van der Waals surface area contributed by atoms with E-state index in [1.807, 2.05) is 30.3 Å². The van der Waals surface area contributed by atoms with Gasteiger partial charge in [0, 0.05) is 5.56 Å². The van der Waals surface area contributed by atoms with Crippen LogP contribution in [0.25, 0.3) is 22.3 Å². The van der Waals surface area contributed by atoms with Crippen LogP contribution in [0.2, 0.25) is 0 Å². The summed E-state index contributed by atoms with van der Waals surface area (Å²) in [5, 5.41) is 0. The van der Waals surface area contributed by atoms with Crippen LogP contribution in [0.15, 0.2) is 54.7 Å². The molecule has 0 N–H and O–H groups in total. The van der Waals surface area contributed by atoms with E-state index in [-0.39, 0.29) is 5.97 Å². The third-order valence-electron chi connectivity index (χ3n) is 3.03. The highest BCUT2D eigenvalue weighted by Gasteiger charge is 2.08. The molecule has 2 aromatic carbocycles. The fourth-order valence-electron chi connectivity index (χ4n) is 2.00. The molecule has 0 aliphatic carbocycles. The largest absolute Gasteiger partial charge is 0.465 e. The number of rotatable bonds is 2. The van der Waals surface area contributed by atoms with Crippen molar-refractivity contribution in [2.24, 2.45) is 0 Å². The van der Waals surface area contributed by atoms with Crippen molar-refractivity contribution < 1.29 is 9.53 Å². The van der Waals surface area contributed by atoms with Crippen LogP contribution in [0.5, 0.6) is 0 Å².